The van der Waals surface area contributed by atoms with E-state index in [1.165, 1.54) is 16.7 Å². The average molecular weight is 389 g/mol. The summed E-state index contributed by atoms with van der Waals surface area (Å²) in [6, 6.07) is 3.99. The van der Waals surface area contributed by atoms with E-state index >= 15 is 0 Å². The molecule has 9 heteroatoms. The molecule has 0 radical (unpaired) electrons. The lowest BCUT2D eigenvalue weighted by Crippen LogP contribution is -2.70. The molecule has 3 atom stereocenters. The number of carboxylic acids is 1. The molecule has 0 bridgehead atoms. The summed E-state index contributed by atoms with van der Waals surface area (Å²) in [7, 11) is 0. The topological polar surface area (TPSA) is 113 Å². The summed E-state index contributed by atoms with van der Waals surface area (Å²) in [6.07, 6.45) is -0.0105. The van der Waals surface area contributed by atoms with E-state index in [-0.39, 0.29) is 23.6 Å². The van der Waals surface area contributed by atoms with Crippen molar-refractivity contribution in [1.82, 2.24) is 15.4 Å². The second-order valence-electron chi connectivity index (χ2n) is 7.45. The van der Waals surface area contributed by atoms with Crippen molar-refractivity contribution in [3.8, 4) is 0 Å². The van der Waals surface area contributed by atoms with E-state index in [0.717, 1.165) is 10.9 Å². The minimum atomic E-state index is -1.03. The first-order chi connectivity index (χ1) is 12.7. The van der Waals surface area contributed by atoms with Gasteiger partial charge in [-0.2, -0.15) is 0 Å². The molecule has 142 valence electrons. The number of amides is 2. The lowest BCUT2D eigenvalue weighted by molar-refractivity contribution is -0.161. The molecule has 27 heavy (non-hydrogen) atoms. The largest absolute Gasteiger partial charge is 0.480 e. The van der Waals surface area contributed by atoms with Crippen molar-refractivity contribution in [3.63, 3.8) is 0 Å². The Bertz CT molecular complexity index is 969. The van der Waals surface area contributed by atoms with Gasteiger partial charge in [-0.15, -0.1) is 11.8 Å². The van der Waals surface area contributed by atoms with Gasteiger partial charge in [0, 0.05) is 10.1 Å². The Balaban J connectivity index is 1.47. The summed E-state index contributed by atoms with van der Waals surface area (Å²) < 4.78 is 4.61. The number of benzene rings is 1. The molecule has 3 heterocycles. The van der Waals surface area contributed by atoms with Crippen LogP contribution in [0.1, 0.15) is 25.1 Å². The number of carbonyl (C=O) groups is 3. The maximum Gasteiger partial charge on any atom is 0.327 e. The number of carboxylic acid groups (broad SMARTS) is 1. The van der Waals surface area contributed by atoms with Crippen molar-refractivity contribution in [1.29, 1.82) is 0 Å². The van der Waals surface area contributed by atoms with Gasteiger partial charge in [-0.25, -0.2) is 4.79 Å². The molecule has 8 nitrogen and oxygen atoms in total. The summed E-state index contributed by atoms with van der Waals surface area (Å²) in [5.74, 6) is -1.74. The fourth-order valence-corrected chi connectivity index (χ4v) is 5.38. The fraction of sp³-hybridized carbons (Fsp3) is 0.444. The van der Waals surface area contributed by atoms with E-state index in [1.54, 1.807) is 19.9 Å². The molecule has 2 aliphatic heterocycles. The zero-order valence-corrected chi connectivity index (χ0v) is 15.9. The minimum Gasteiger partial charge on any atom is -0.480 e. The molecular weight excluding hydrogens is 370 g/mol. The smallest absolute Gasteiger partial charge is 0.327 e. The van der Waals surface area contributed by atoms with Crippen LogP contribution < -0.4 is 5.32 Å². The third-order valence-electron chi connectivity index (χ3n) is 5.02. The molecule has 0 unspecified atom stereocenters. The summed E-state index contributed by atoms with van der Waals surface area (Å²) >= 11 is 1.40. The van der Waals surface area contributed by atoms with Crippen LogP contribution in [0.4, 0.5) is 0 Å². The monoisotopic (exact) mass is 389 g/mol. The van der Waals surface area contributed by atoms with Crippen molar-refractivity contribution < 1.29 is 24.0 Å². The van der Waals surface area contributed by atoms with Crippen molar-refractivity contribution in [2.45, 2.75) is 49.4 Å². The van der Waals surface area contributed by atoms with E-state index < -0.39 is 22.8 Å². The third kappa shape index (κ3) is 2.77. The Labute approximate surface area is 159 Å². The van der Waals surface area contributed by atoms with E-state index in [9.17, 15) is 19.5 Å². The molecule has 2 fully saturated rings. The number of aromatic nitrogens is 1. The standard InChI is InChI=1S/C18H19N3O5S/c1-8-4-5-11-9(6-8)10(20-26-11)7-12(22)19-13-15(23)21-14(17(24)25)18(2,3)27-16(13)21/h4-6,13-14,16H,7H2,1-3H3,(H,19,22)(H,24,25)/t13-,14+,16-/m1/s1. The molecule has 1 aromatic heterocycles. The van der Waals surface area contributed by atoms with Gasteiger partial charge in [0.2, 0.25) is 11.8 Å². The Morgan fingerprint density at radius 1 is 1.41 bits per heavy atom. The summed E-state index contributed by atoms with van der Waals surface area (Å²) in [5.41, 5.74) is 2.14. The van der Waals surface area contributed by atoms with Crippen LogP contribution in [0, 0.1) is 6.92 Å². The first-order valence-corrected chi connectivity index (χ1v) is 9.44. The lowest BCUT2D eigenvalue weighted by Gasteiger charge is -2.43. The number of rotatable bonds is 4. The average Bonchev–Trinajstić information content (AvgIpc) is 3.08. The van der Waals surface area contributed by atoms with Crippen LogP contribution in [-0.2, 0) is 20.8 Å². The molecule has 2 aromatic rings. The molecule has 2 N–H and O–H groups in total. The molecule has 2 aliphatic rings. The molecule has 1 aromatic carbocycles. The number of nitrogens with one attached hydrogen (secondary N) is 1. The van der Waals surface area contributed by atoms with Crippen molar-refractivity contribution in [3.05, 3.63) is 29.5 Å². The second kappa shape index (κ2) is 5.98. The normalized spacial score (nSPS) is 26.0. The number of hydrogen-bond acceptors (Lipinski definition) is 6. The van der Waals surface area contributed by atoms with Gasteiger partial charge >= 0.3 is 5.97 Å². The number of thioether (sulfide) groups is 1. The highest BCUT2D eigenvalue weighted by Gasteiger charge is 2.64. The predicted molar refractivity (Wildman–Crippen MR) is 98.1 cm³/mol. The second-order valence-corrected chi connectivity index (χ2v) is 9.22. The quantitative estimate of drug-likeness (QED) is 0.758. The zero-order chi connectivity index (χ0) is 19.5. The molecule has 0 spiro atoms. The summed E-state index contributed by atoms with van der Waals surface area (Å²) in [6.45, 7) is 5.53. The maximum absolute atomic E-state index is 12.5. The van der Waals surface area contributed by atoms with Gasteiger partial charge < -0.3 is 19.8 Å². The van der Waals surface area contributed by atoms with E-state index in [4.69, 9.17) is 4.52 Å². The Kier molecular flexibility index (Phi) is 3.95. The van der Waals surface area contributed by atoms with E-state index in [0.29, 0.717) is 11.3 Å². The number of aryl methyl sites for hydroxylation is 1. The summed E-state index contributed by atoms with van der Waals surface area (Å²) in [5, 5.41) is 16.5. The van der Waals surface area contributed by atoms with Crippen molar-refractivity contribution in [2.75, 3.05) is 0 Å². The highest BCUT2D eigenvalue weighted by molar-refractivity contribution is 8.01. The van der Waals surface area contributed by atoms with Gasteiger partial charge in [0.15, 0.2) is 5.58 Å². The predicted octanol–water partition coefficient (Wildman–Crippen LogP) is 1.31. The SMILES string of the molecule is Cc1ccc2onc(CC(=O)N[C@@H]3C(=O)N4[C@@H]3SC(C)(C)[C@@H]4C(=O)O)c2c1. The van der Waals surface area contributed by atoms with Gasteiger partial charge in [0.25, 0.3) is 0 Å². The highest BCUT2D eigenvalue weighted by atomic mass is 32.2. The first kappa shape index (κ1) is 17.8. The van der Waals surface area contributed by atoms with Crippen LogP contribution in [0.2, 0.25) is 0 Å². The maximum atomic E-state index is 12.5. The van der Waals surface area contributed by atoms with Crippen LogP contribution in [0.25, 0.3) is 11.0 Å². The number of carbonyl (C=O) groups excluding carboxylic acids is 2. The molecule has 4 rings (SSSR count). The van der Waals surface area contributed by atoms with Gasteiger partial charge in [0.05, 0.1) is 6.42 Å². The Morgan fingerprint density at radius 3 is 2.85 bits per heavy atom. The Morgan fingerprint density at radius 2 is 2.15 bits per heavy atom. The lowest BCUT2D eigenvalue weighted by atomic mass is 9.96. The summed E-state index contributed by atoms with van der Waals surface area (Å²) in [4.78, 5) is 37.8. The van der Waals surface area contributed by atoms with E-state index in [1.807, 2.05) is 19.1 Å². The van der Waals surface area contributed by atoms with Crippen LogP contribution in [0.5, 0.6) is 0 Å². The van der Waals surface area contributed by atoms with Crippen LogP contribution in [-0.4, -0.2) is 55.2 Å². The van der Waals surface area contributed by atoms with Crippen LogP contribution in [0.3, 0.4) is 0 Å². The number of β-lactam (4-membered cyclic amide) rings is 1. The minimum absolute atomic E-state index is 0.0105. The number of nitrogens with zero attached hydrogens (tertiary/aromatic N) is 2. The van der Waals surface area contributed by atoms with Gasteiger partial charge in [0.1, 0.15) is 23.2 Å². The van der Waals surface area contributed by atoms with Gasteiger partial charge in [-0.3, -0.25) is 9.59 Å². The van der Waals surface area contributed by atoms with Gasteiger partial charge in [-0.05, 0) is 32.9 Å². The number of fused-ring (bicyclic) bond motifs is 2. The number of hydrogen-bond donors (Lipinski definition) is 2. The van der Waals surface area contributed by atoms with Crippen LogP contribution >= 0.6 is 11.8 Å². The first-order valence-electron chi connectivity index (χ1n) is 8.56. The highest BCUT2D eigenvalue weighted by Crippen LogP contribution is 2.50. The third-order valence-corrected chi connectivity index (χ3v) is 6.59. The number of aliphatic carboxylic acids is 1. The zero-order valence-electron chi connectivity index (χ0n) is 15.1. The molecular formula is C18H19N3O5S. The van der Waals surface area contributed by atoms with Gasteiger partial charge in [-0.1, -0.05) is 16.8 Å². The molecule has 0 saturated carbocycles. The van der Waals surface area contributed by atoms with Crippen molar-refractivity contribution >= 4 is 40.5 Å². The fourth-order valence-electron chi connectivity index (χ4n) is 3.75. The molecule has 0 aliphatic carbocycles. The molecule has 2 saturated heterocycles. The van der Waals surface area contributed by atoms with E-state index in [2.05, 4.69) is 10.5 Å². The Hall–Kier alpha value is -2.55. The van der Waals surface area contributed by atoms with Crippen LogP contribution in [0.15, 0.2) is 22.7 Å². The molecule has 2 amide bonds. The van der Waals surface area contributed by atoms with Crippen molar-refractivity contribution in [2.24, 2.45) is 0 Å².